The van der Waals surface area contributed by atoms with Gasteiger partial charge in [0.05, 0.1) is 18.8 Å². The van der Waals surface area contributed by atoms with Gasteiger partial charge < -0.3 is 20.1 Å². The molecule has 21 heavy (non-hydrogen) atoms. The molecule has 2 rings (SSSR count). The van der Waals surface area contributed by atoms with Crippen molar-refractivity contribution in [3.05, 3.63) is 22.5 Å². The Bertz CT molecular complexity index is 533. The van der Waals surface area contributed by atoms with Crippen LogP contribution in [0.25, 0.3) is 0 Å². The van der Waals surface area contributed by atoms with Crippen LogP contribution in [-0.4, -0.2) is 66.3 Å². The van der Waals surface area contributed by atoms with Crippen molar-refractivity contribution in [3.63, 3.8) is 0 Å². The number of hydrogen-bond donors (Lipinski definition) is 3. The van der Waals surface area contributed by atoms with Crippen LogP contribution in [0.4, 0.5) is 0 Å². The van der Waals surface area contributed by atoms with Crippen LogP contribution in [0, 0.1) is 13.8 Å². The van der Waals surface area contributed by atoms with Crippen molar-refractivity contribution >= 4 is 11.9 Å². The van der Waals surface area contributed by atoms with Crippen LogP contribution in [-0.2, 0) is 4.74 Å². The van der Waals surface area contributed by atoms with E-state index in [1.54, 1.807) is 13.8 Å². The number of morpholine rings is 1. The third kappa shape index (κ3) is 3.62. The first kappa shape index (κ1) is 15.5. The predicted octanol–water partition coefficient (Wildman–Crippen LogP) is 0.392. The van der Waals surface area contributed by atoms with Gasteiger partial charge in [0.2, 0.25) is 0 Å². The monoisotopic (exact) mass is 295 g/mol. The average Bonchev–Trinajstić information content (AvgIpc) is 2.75. The molecule has 116 valence electrons. The Morgan fingerprint density at radius 3 is 2.57 bits per heavy atom. The molecule has 0 saturated carbocycles. The van der Waals surface area contributed by atoms with Gasteiger partial charge in [0.1, 0.15) is 5.69 Å². The molecule has 7 nitrogen and oxygen atoms in total. The summed E-state index contributed by atoms with van der Waals surface area (Å²) in [6, 6.07) is 0. The van der Waals surface area contributed by atoms with E-state index in [1.165, 1.54) is 0 Å². The van der Waals surface area contributed by atoms with Crippen LogP contribution < -0.4 is 5.32 Å². The van der Waals surface area contributed by atoms with E-state index in [1.807, 2.05) is 0 Å². The second-order valence-electron chi connectivity index (χ2n) is 5.14. The van der Waals surface area contributed by atoms with Crippen molar-refractivity contribution in [3.8, 4) is 0 Å². The number of ether oxygens (including phenoxy) is 1. The van der Waals surface area contributed by atoms with Gasteiger partial charge in [-0.05, 0) is 19.4 Å². The first-order chi connectivity index (χ1) is 10.0. The maximum atomic E-state index is 12.2. The lowest BCUT2D eigenvalue weighted by Crippen LogP contribution is -2.41. The molecule has 7 heteroatoms. The van der Waals surface area contributed by atoms with Gasteiger partial charge in [-0.15, -0.1) is 0 Å². The zero-order valence-electron chi connectivity index (χ0n) is 12.4. The summed E-state index contributed by atoms with van der Waals surface area (Å²) in [6.45, 7) is 7.86. The van der Waals surface area contributed by atoms with Crippen molar-refractivity contribution in [2.45, 2.75) is 13.8 Å². The van der Waals surface area contributed by atoms with Crippen molar-refractivity contribution in [1.82, 2.24) is 15.2 Å². The van der Waals surface area contributed by atoms with Crippen LogP contribution in [0.2, 0.25) is 0 Å². The fourth-order valence-electron chi connectivity index (χ4n) is 2.55. The lowest BCUT2D eigenvalue weighted by Gasteiger charge is -2.26. The standard InChI is InChI=1S/C14H21N3O4/c1-9-11(10(2)16-12(9)14(19)20)13(18)15-3-4-17-5-7-21-8-6-17/h16H,3-8H2,1-2H3,(H,15,18)(H,19,20). The SMILES string of the molecule is Cc1[nH]c(C(=O)O)c(C)c1C(=O)NCCN1CCOCC1. The minimum Gasteiger partial charge on any atom is -0.477 e. The van der Waals surface area contributed by atoms with E-state index in [4.69, 9.17) is 9.84 Å². The van der Waals surface area contributed by atoms with E-state index in [0.717, 1.165) is 32.8 Å². The Kier molecular flexibility index (Phi) is 4.98. The smallest absolute Gasteiger partial charge is 0.352 e. The van der Waals surface area contributed by atoms with Gasteiger partial charge >= 0.3 is 5.97 Å². The van der Waals surface area contributed by atoms with Gasteiger partial charge in [0, 0.05) is 31.9 Å². The third-order valence-corrected chi connectivity index (χ3v) is 3.70. The second-order valence-corrected chi connectivity index (χ2v) is 5.14. The van der Waals surface area contributed by atoms with Crippen LogP contribution in [0.1, 0.15) is 32.1 Å². The highest BCUT2D eigenvalue weighted by Crippen LogP contribution is 2.17. The molecule has 0 bridgehead atoms. The third-order valence-electron chi connectivity index (χ3n) is 3.70. The van der Waals surface area contributed by atoms with E-state index < -0.39 is 5.97 Å². The van der Waals surface area contributed by atoms with Crippen LogP contribution in [0.15, 0.2) is 0 Å². The Labute approximate surface area is 123 Å². The minimum absolute atomic E-state index is 0.0748. The van der Waals surface area contributed by atoms with Gasteiger partial charge in [-0.25, -0.2) is 4.79 Å². The number of carboxylic acids is 1. The zero-order chi connectivity index (χ0) is 15.4. The highest BCUT2D eigenvalue weighted by atomic mass is 16.5. The highest BCUT2D eigenvalue weighted by Gasteiger charge is 2.21. The molecule has 1 aliphatic heterocycles. The molecule has 2 heterocycles. The molecule has 0 aromatic carbocycles. The molecule has 1 aromatic heterocycles. The van der Waals surface area contributed by atoms with Gasteiger partial charge in [-0.3, -0.25) is 9.69 Å². The summed E-state index contributed by atoms with van der Waals surface area (Å²) in [6.07, 6.45) is 0. The quantitative estimate of drug-likeness (QED) is 0.730. The molecule has 1 fully saturated rings. The van der Waals surface area contributed by atoms with Crippen LogP contribution in [0.3, 0.4) is 0 Å². The average molecular weight is 295 g/mol. The first-order valence-electron chi connectivity index (χ1n) is 7.01. The number of nitrogens with one attached hydrogen (secondary N) is 2. The lowest BCUT2D eigenvalue weighted by molar-refractivity contribution is 0.0383. The molecule has 3 N–H and O–H groups in total. The number of aromatic carboxylic acids is 1. The van der Waals surface area contributed by atoms with E-state index in [-0.39, 0.29) is 11.6 Å². The molecule has 1 aromatic rings. The van der Waals surface area contributed by atoms with E-state index in [2.05, 4.69) is 15.2 Å². The van der Waals surface area contributed by atoms with Gasteiger partial charge in [-0.1, -0.05) is 0 Å². The normalized spacial score (nSPS) is 15.9. The zero-order valence-corrected chi connectivity index (χ0v) is 12.4. The van der Waals surface area contributed by atoms with E-state index >= 15 is 0 Å². The Morgan fingerprint density at radius 2 is 2.00 bits per heavy atom. The topological polar surface area (TPSA) is 94.7 Å². The van der Waals surface area contributed by atoms with Crippen molar-refractivity contribution in [2.75, 3.05) is 39.4 Å². The Balaban J connectivity index is 1.92. The molecule has 1 saturated heterocycles. The summed E-state index contributed by atoms with van der Waals surface area (Å²) < 4.78 is 5.26. The number of rotatable bonds is 5. The number of amides is 1. The van der Waals surface area contributed by atoms with Crippen molar-refractivity contribution < 1.29 is 19.4 Å². The minimum atomic E-state index is -1.05. The van der Waals surface area contributed by atoms with Crippen molar-refractivity contribution in [1.29, 1.82) is 0 Å². The summed E-state index contributed by atoms with van der Waals surface area (Å²) in [7, 11) is 0. The summed E-state index contributed by atoms with van der Waals surface area (Å²) in [5, 5.41) is 11.9. The molecular formula is C14H21N3O4. The maximum Gasteiger partial charge on any atom is 0.352 e. The summed E-state index contributed by atoms with van der Waals surface area (Å²) >= 11 is 0. The molecule has 0 atom stereocenters. The number of carbonyl (C=O) groups is 2. The predicted molar refractivity (Wildman–Crippen MR) is 76.8 cm³/mol. The molecule has 0 radical (unpaired) electrons. The number of aromatic amines is 1. The molecule has 0 unspecified atom stereocenters. The second kappa shape index (κ2) is 6.73. The van der Waals surface area contributed by atoms with E-state index in [9.17, 15) is 9.59 Å². The number of hydrogen-bond acceptors (Lipinski definition) is 4. The van der Waals surface area contributed by atoms with Crippen LogP contribution in [0.5, 0.6) is 0 Å². The molecular weight excluding hydrogens is 274 g/mol. The van der Waals surface area contributed by atoms with Crippen molar-refractivity contribution in [2.24, 2.45) is 0 Å². The maximum absolute atomic E-state index is 12.2. The van der Waals surface area contributed by atoms with Gasteiger partial charge in [0.15, 0.2) is 0 Å². The summed E-state index contributed by atoms with van der Waals surface area (Å²) in [4.78, 5) is 28.2. The number of carboxylic acid groups (broad SMARTS) is 1. The van der Waals surface area contributed by atoms with Crippen LogP contribution >= 0.6 is 0 Å². The summed E-state index contributed by atoms with van der Waals surface area (Å²) in [5.41, 5.74) is 1.55. The first-order valence-corrected chi connectivity index (χ1v) is 7.01. The number of aryl methyl sites for hydroxylation is 1. The molecule has 1 amide bonds. The fraction of sp³-hybridized carbons (Fsp3) is 0.571. The number of aromatic nitrogens is 1. The molecule has 0 spiro atoms. The number of H-pyrrole nitrogens is 1. The largest absolute Gasteiger partial charge is 0.477 e. The molecule has 0 aliphatic carbocycles. The van der Waals surface area contributed by atoms with E-state index in [0.29, 0.717) is 23.4 Å². The highest BCUT2D eigenvalue weighted by molar-refractivity contribution is 6.00. The van der Waals surface area contributed by atoms with Gasteiger partial charge in [0.25, 0.3) is 5.91 Å². The number of carbonyl (C=O) groups excluding carboxylic acids is 1. The molecule has 1 aliphatic rings. The Hall–Kier alpha value is -1.86. The number of nitrogens with zero attached hydrogens (tertiary/aromatic N) is 1. The van der Waals surface area contributed by atoms with Gasteiger partial charge in [-0.2, -0.15) is 0 Å². The fourth-order valence-corrected chi connectivity index (χ4v) is 2.55. The summed E-state index contributed by atoms with van der Waals surface area (Å²) in [5.74, 6) is -1.29. The Morgan fingerprint density at radius 1 is 1.33 bits per heavy atom. The lowest BCUT2D eigenvalue weighted by atomic mass is 10.1.